The van der Waals surface area contributed by atoms with Gasteiger partial charge in [0.15, 0.2) is 5.82 Å². The highest BCUT2D eigenvalue weighted by Gasteiger charge is 2.11. The highest BCUT2D eigenvalue weighted by atomic mass is 32.2. The van der Waals surface area contributed by atoms with E-state index in [-0.39, 0.29) is 0 Å². The molecule has 0 spiro atoms. The maximum absolute atomic E-state index is 4.74. The fraction of sp³-hybridized carbons (Fsp3) is 0.250. The van der Waals surface area contributed by atoms with Crippen LogP contribution in [-0.4, -0.2) is 23.3 Å². The van der Waals surface area contributed by atoms with Gasteiger partial charge in [0.2, 0.25) is 0 Å². The number of anilines is 1. The summed E-state index contributed by atoms with van der Waals surface area (Å²) in [5.41, 5.74) is 1.05. The Kier molecular flexibility index (Phi) is 4.12. The van der Waals surface area contributed by atoms with Gasteiger partial charge in [-0.25, -0.2) is 9.97 Å². The smallest absolute Gasteiger partial charge is 0.163 e. The standard InChI is InChI=1S/C16H17N3S2/c1-4-11-9-13-15(17-2)18-14(19-16(13)21-11)10-5-7-12(20-3)8-6-10/h5-9H,4H2,1-3H3,(H,17,18,19). The number of aromatic nitrogens is 2. The largest absolute Gasteiger partial charge is 0.372 e. The summed E-state index contributed by atoms with van der Waals surface area (Å²) in [4.78, 5) is 13.0. The summed E-state index contributed by atoms with van der Waals surface area (Å²) in [6.07, 6.45) is 3.11. The van der Waals surface area contributed by atoms with Gasteiger partial charge in [-0.1, -0.05) is 19.1 Å². The molecule has 2 aromatic heterocycles. The molecule has 5 heteroatoms. The number of thioether (sulfide) groups is 1. The Hall–Kier alpha value is -1.59. The number of hydrogen-bond donors (Lipinski definition) is 1. The second kappa shape index (κ2) is 6.03. The molecule has 108 valence electrons. The van der Waals surface area contributed by atoms with Crippen LogP contribution in [0.1, 0.15) is 11.8 Å². The van der Waals surface area contributed by atoms with Crippen LogP contribution in [0.15, 0.2) is 35.2 Å². The Labute approximate surface area is 132 Å². The molecule has 3 aromatic rings. The first-order chi connectivity index (χ1) is 10.2. The van der Waals surface area contributed by atoms with Crippen molar-refractivity contribution in [1.82, 2.24) is 9.97 Å². The van der Waals surface area contributed by atoms with Gasteiger partial charge in [0.05, 0.1) is 5.39 Å². The number of benzene rings is 1. The van der Waals surface area contributed by atoms with Gasteiger partial charge >= 0.3 is 0 Å². The molecule has 0 radical (unpaired) electrons. The zero-order valence-corrected chi connectivity index (χ0v) is 13.9. The van der Waals surface area contributed by atoms with E-state index in [4.69, 9.17) is 4.98 Å². The van der Waals surface area contributed by atoms with Crippen LogP contribution in [-0.2, 0) is 6.42 Å². The first-order valence-corrected chi connectivity index (χ1v) is 8.92. The molecule has 1 aromatic carbocycles. The van der Waals surface area contributed by atoms with Gasteiger partial charge in [0.1, 0.15) is 10.6 Å². The molecule has 0 fully saturated rings. The predicted molar refractivity (Wildman–Crippen MR) is 93.6 cm³/mol. The van der Waals surface area contributed by atoms with Gasteiger partial charge in [-0.05, 0) is 30.9 Å². The van der Waals surface area contributed by atoms with E-state index in [1.54, 1.807) is 23.1 Å². The Bertz CT molecular complexity index is 763. The van der Waals surface area contributed by atoms with Crippen LogP contribution in [0.2, 0.25) is 0 Å². The molecule has 0 bridgehead atoms. The van der Waals surface area contributed by atoms with Crippen LogP contribution >= 0.6 is 23.1 Å². The number of nitrogens with one attached hydrogen (secondary N) is 1. The number of thiophene rings is 1. The number of aryl methyl sites for hydroxylation is 1. The lowest BCUT2D eigenvalue weighted by atomic mass is 10.2. The molecule has 0 saturated carbocycles. The van der Waals surface area contributed by atoms with E-state index in [9.17, 15) is 0 Å². The van der Waals surface area contributed by atoms with Gasteiger partial charge in [-0.3, -0.25) is 0 Å². The van der Waals surface area contributed by atoms with Crippen LogP contribution in [0.5, 0.6) is 0 Å². The minimum absolute atomic E-state index is 0.781. The van der Waals surface area contributed by atoms with E-state index >= 15 is 0 Å². The van der Waals surface area contributed by atoms with Crippen molar-refractivity contribution in [2.75, 3.05) is 18.6 Å². The first-order valence-electron chi connectivity index (χ1n) is 6.87. The lowest BCUT2D eigenvalue weighted by Crippen LogP contribution is -1.97. The monoisotopic (exact) mass is 315 g/mol. The summed E-state index contributed by atoms with van der Waals surface area (Å²) in [5, 5.41) is 4.31. The third-order valence-corrected chi connectivity index (χ3v) is 5.29. The highest BCUT2D eigenvalue weighted by molar-refractivity contribution is 7.98. The Morgan fingerprint density at radius 1 is 1.19 bits per heavy atom. The third kappa shape index (κ3) is 2.76. The molecular weight excluding hydrogens is 298 g/mol. The van der Waals surface area contributed by atoms with Crippen molar-refractivity contribution < 1.29 is 0 Å². The summed E-state index contributed by atoms with van der Waals surface area (Å²) in [5.74, 6) is 1.68. The quantitative estimate of drug-likeness (QED) is 0.709. The molecule has 0 amide bonds. The molecule has 0 aliphatic rings. The van der Waals surface area contributed by atoms with E-state index in [1.165, 1.54) is 9.77 Å². The molecule has 0 unspecified atom stereocenters. The minimum Gasteiger partial charge on any atom is -0.372 e. The van der Waals surface area contributed by atoms with Crippen LogP contribution in [0.4, 0.5) is 5.82 Å². The molecule has 21 heavy (non-hydrogen) atoms. The van der Waals surface area contributed by atoms with E-state index in [1.807, 2.05) is 7.05 Å². The molecule has 0 saturated heterocycles. The predicted octanol–water partition coefficient (Wildman–Crippen LogP) is 4.68. The minimum atomic E-state index is 0.781. The zero-order valence-electron chi connectivity index (χ0n) is 12.3. The maximum atomic E-state index is 4.74. The fourth-order valence-corrected chi connectivity index (χ4v) is 3.58. The third-order valence-electron chi connectivity index (χ3n) is 3.38. The highest BCUT2D eigenvalue weighted by Crippen LogP contribution is 2.31. The summed E-state index contributed by atoms with van der Waals surface area (Å²) in [6, 6.07) is 10.6. The van der Waals surface area contributed by atoms with E-state index in [2.05, 4.69) is 53.8 Å². The first kappa shape index (κ1) is 14.4. The normalized spacial score (nSPS) is 11.0. The topological polar surface area (TPSA) is 37.8 Å². The van der Waals surface area contributed by atoms with Crippen molar-refractivity contribution in [2.45, 2.75) is 18.2 Å². The van der Waals surface area contributed by atoms with Gasteiger partial charge in [-0.15, -0.1) is 23.1 Å². The van der Waals surface area contributed by atoms with Crippen molar-refractivity contribution in [3.05, 3.63) is 35.2 Å². The van der Waals surface area contributed by atoms with Crippen molar-refractivity contribution in [3.63, 3.8) is 0 Å². The molecule has 2 heterocycles. The summed E-state index contributed by atoms with van der Waals surface area (Å²) in [7, 11) is 1.91. The van der Waals surface area contributed by atoms with E-state index in [0.717, 1.165) is 33.8 Å². The van der Waals surface area contributed by atoms with Crippen molar-refractivity contribution >= 4 is 39.1 Å². The molecular formula is C16H17N3S2. The molecule has 3 rings (SSSR count). The fourth-order valence-electron chi connectivity index (χ4n) is 2.21. The second-order valence-corrected chi connectivity index (χ2v) is 6.65. The number of hydrogen-bond acceptors (Lipinski definition) is 5. The average Bonchev–Trinajstić information content (AvgIpc) is 2.97. The average molecular weight is 315 g/mol. The van der Waals surface area contributed by atoms with Crippen molar-refractivity contribution in [1.29, 1.82) is 0 Å². The number of rotatable bonds is 4. The van der Waals surface area contributed by atoms with Crippen LogP contribution in [0, 0.1) is 0 Å². The summed E-state index contributed by atoms with van der Waals surface area (Å²) < 4.78 is 0. The van der Waals surface area contributed by atoms with Gasteiger partial charge in [0, 0.05) is 22.4 Å². The second-order valence-electron chi connectivity index (χ2n) is 4.66. The number of fused-ring (bicyclic) bond motifs is 1. The zero-order chi connectivity index (χ0) is 14.8. The lowest BCUT2D eigenvalue weighted by molar-refractivity contribution is 1.19. The molecule has 0 aliphatic heterocycles. The molecule has 1 N–H and O–H groups in total. The van der Waals surface area contributed by atoms with Gasteiger partial charge < -0.3 is 5.32 Å². The number of nitrogens with zero attached hydrogens (tertiary/aromatic N) is 2. The Morgan fingerprint density at radius 2 is 1.95 bits per heavy atom. The molecule has 0 aliphatic carbocycles. The SMILES string of the molecule is CCc1cc2c(NC)nc(-c3ccc(SC)cc3)nc2s1. The molecule has 0 atom stereocenters. The van der Waals surface area contributed by atoms with Crippen molar-refractivity contribution in [3.8, 4) is 11.4 Å². The van der Waals surface area contributed by atoms with Gasteiger partial charge in [0.25, 0.3) is 0 Å². The summed E-state index contributed by atoms with van der Waals surface area (Å²) in [6.45, 7) is 2.17. The van der Waals surface area contributed by atoms with Gasteiger partial charge in [-0.2, -0.15) is 0 Å². The van der Waals surface area contributed by atoms with Crippen LogP contribution < -0.4 is 5.32 Å². The van der Waals surface area contributed by atoms with Crippen LogP contribution in [0.25, 0.3) is 21.6 Å². The summed E-state index contributed by atoms with van der Waals surface area (Å²) >= 11 is 3.49. The Morgan fingerprint density at radius 3 is 2.57 bits per heavy atom. The van der Waals surface area contributed by atoms with E-state index in [0.29, 0.717) is 0 Å². The lowest BCUT2D eigenvalue weighted by Gasteiger charge is -2.06. The maximum Gasteiger partial charge on any atom is 0.163 e. The van der Waals surface area contributed by atoms with Crippen molar-refractivity contribution in [2.24, 2.45) is 0 Å². The van der Waals surface area contributed by atoms with Crippen LogP contribution in [0.3, 0.4) is 0 Å². The Balaban J connectivity index is 2.13. The molecule has 3 nitrogen and oxygen atoms in total. The van der Waals surface area contributed by atoms with E-state index < -0.39 is 0 Å².